The molecule has 32 heavy (non-hydrogen) atoms. The second-order valence-corrected chi connectivity index (χ2v) is 10.0. The maximum Gasteiger partial charge on any atom is 0.261 e. The lowest BCUT2D eigenvalue weighted by atomic mass is 9.89. The van der Waals surface area contributed by atoms with Crippen molar-refractivity contribution < 1.29 is 13.2 Å². The van der Waals surface area contributed by atoms with Crippen molar-refractivity contribution in [1.82, 2.24) is 5.32 Å². The molecule has 0 saturated carbocycles. The summed E-state index contributed by atoms with van der Waals surface area (Å²) in [7, 11) is -3.73. The molecule has 6 heteroatoms. The van der Waals surface area contributed by atoms with E-state index >= 15 is 0 Å². The SMILES string of the molecule is Cc1c(NS(=O)(=O)c2ccccc2)cccc1C(=O)N[C@H](C)c1ccc2c(c1)CCCC2. The Kier molecular flexibility index (Phi) is 6.33. The van der Waals surface area contributed by atoms with Crippen molar-refractivity contribution in [2.45, 2.75) is 50.5 Å². The van der Waals surface area contributed by atoms with Crippen LogP contribution in [-0.4, -0.2) is 14.3 Å². The molecular weight excluding hydrogens is 420 g/mol. The van der Waals surface area contributed by atoms with Gasteiger partial charge in [0.1, 0.15) is 0 Å². The number of aryl methyl sites for hydroxylation is 2. The van der Waals surface area contributed by atoms with Gasteiger partial charge in [0.05, 0.1) is 16.6 Å². The molecule has 1 aliphatic carbocycles. The highest BCUT2D eigenvalue weighted by Gasteiger charge is 2.19. The largest absolute Gasteiger partial charge is 0.346 e. The van der Waals surface area contributed by atoms with Crippen LogP contribution in [0.3, 0.4) is 0 Å². The molecule has 4 rings (SSSR count). The maximum absolute atomic E-state index is 13.0. The molecular formula is C26H28N2O3S. The summed E-state index contributed by atoms with van der Waals surface area (Å²) in [5.74, 6) is -0.228. The number of carbonyl (C=O) groups is 1. The van der Waals surface area contributed by atoms with Gasteiger partial charge in [0.2, 0.25) is 0 Å². The molecule has 0 bridgehead atoms. The molecule has 0 heterocycles. The second kappa shape index (κ2) is 9.17. The predicted molar refractivity (Wildman–Crippen MR) is 127 cm³/mol. The number of hydrogen-bond acceptors (Lipinski definition) is 3. The summed E-state index contributed by atoms with van der Waals surface area (Å²) in [6.07, 6.45) is 4.66. The molecule has 166 valence electrons. The van der Waals surface area contributed by atoms with Crippen LogP contribution in [0.25, 0.3) is 0 Å². The average molecular weight is 449 g/mol. The van der Waals surface area contributed by atoms with Crippen LogP contribution in [0.4, 0.5) is 5.69 Å². The van der Waals surface area contributed by atoms with Crippen LogP contribution >= 0.6 is 0 Å². The average Bonchev–Trinajstić information content (AvgIpc) is 2.80. The van der Waals surface area contributed by atoms with E-state index in [-0.39, 0.29) is 16.8 Å². The standard InChI is InChI=1S/C26H28N2O3S/c1-18-24(13-8-14-25(18)28-32(30,31)23-11-4-3-5-12-23)26(29)27-19(2)21-16-15-20-9-6-7-10-22(20)17-21/h3-5,8,11-17,19,28H,6-7,9-10H2,1-2H3,(H,27,29)/t19-/m1/s1. The first kappa shape index (κ1) is 22.1. The van der Waals surface area contributed by atoms with Gasteiger partial charge in [-0.15, -0.1) is 0 Å². The smallest absolute Gasteiger partial charge is 0.261 e. The van der Waals surface area contributed by atoms with Crippen LogP contribution in [-0.2, 0) is 22.9 Å². The number of benzene rings is 3. The van der Waals surface area contributed by atoms with E-state index in [9.17, 15) is 13.2 Å². The van der Waals surface area contributed by atoms with Crippen LogP contribution < -0.4 is 10.0 Å². The van der Waals surface area contributed by atoms with E-state index in [4.69, 9.17) is 0 Å². The van der Waals surface area contributed by atoms with Crippen LogP contribution in [0.5, 0.6) is 0 Å². The summed E-state index contributed by atoms with van der Waals surface area (Å²) in [6, 6.07) is 19.6. The van der Waals surface area contributed by atoms with Gasteiger partial charge in [-0.3, -0.25) is 9.52 Å². The van der Waals surface area contributed by atoms with Crippen molar-refractivity contribution in [2.24, 2.45) is 0 Å². The van der Waals surface area contributed by atoms with Gasteiger partial charge in [0.15, 0.2) is 0 Å². The number of anilines is 1. The van der Waals surface area contributed by atoms with Crippen molar-refractivity contribution in [3.8, 4) is 0 Å². The van der Waals surface area contributed by atoms with Gasteiger partial charge < -0.3 is 5.32 Å². The molecule has 0 unspecified atom stereocenters. The Morgan fingerprint density at radius 3 is 2.38 bits per heavy atom. The molecule has 1 atom stereocenters. The summed E-state index contributed by atoms with van der Waals surface area (Å²) in [4.78, 5) is 13.2. The van der Waals surface area contributed by atoms with Crippen LogP contribution in [0.15, 0.2) is 71.6 Å². The van der Waals surface area contributed by atoms with E-state index in [1.807, 2.05) is 6.92 Å². The Morgan fingerprint density at radius 2 is 1.62 bits per heavy atom. The lowest BCUT2D eigenvalue weighted by Gasteiger charge is -2.21. The molecule has 2 N–H and O–H groups in total. The zero-order valence-corrected chi connectivity index (χ0v) is 19.2. The van der Waals surface area contributed by atoms with Crippen molar-refractivity contribution in [3.05, 3.63) is 94.5 Å². The van der Waals surface area contributed by atoms with E-state index in [2.05, 4.69) is 28.2 Å². The molecule has 0 aliphatic heterocycles. The van der Waals surface area contributed by atoms with Crippen molar-refractivity contribution in [1.29, 1.82) is 0 Å². The lowest BCUT2D eigenvalue weighted by Crippen LogP contribution is -2.28. The Morgan fingerprint density at radius 1 is 0.906 bits per heavy atom. The first-order valence-corrected chi connectivity index (χ1v) is 12.4. The highest BCUT2D eigenvalue weighted by Crippen LogP contribution is 2.26. The summed E-state index contributed by atoms with van der Waals surface area (Å²) in [5.41, 5.74) is 5.29. The number of hydrogen-bond donors (Lipinski definition) is 2. The van der Waals surface area contributed by atoms with Crippen molar-refractivity contribution >= 4 is 21.6 Å². The minimum absolute atomic E-state index is 0.154. The molecule has 0 aromatic heterocycles. The third kappa shape index (κ3) is 4.70. The monoisotopic (exact) mass is 448 g/mol. The minimum atomic E-state index is -3.73. The van der Waals surface area contributed by atoms with Crippen LogP contribution in [0, 0.1) is 6.92 Å². The molecule has 0 saturated heterocycles. The first-order valence-electron chi connectivity index (χ1n) is 11.0. The van der Waals surface area contributed by atoms with Gasteiger partial charge in [0, 0.05) is 5.56 Å². The van der Waals surface area contributed by atoms with E-state index < -0.39 is 10.0 Å². The quantitative estimate of drug-likeness (QED) is 0.547. The third-order valence-electron chi connectivity index (χ3n) is 6.10. The summed E-state index contributed by atoms with van der Waals surface area (Å²) in [5, 5.41) is 3.07. The number of amides is 1. The lowest BCUT2D eigenvalue weighted by molar-refractivity contribution is 0.0939. The molecule has 3 aromatic rings. The molecule has 1 amide bonds. The predicted octanol–water partition coefficient (Wildman–Crippen LogP) is 5.17. The number of nitrogens with one attached hydrogen (secondary N) is 2. The normalized spacial score (nSPS) is 14.3. The van der Waals surface area contributed by atoms with E-state index in [0.717, 1.165) is 18.4 Å². The highest BCUT2D eigenvalue weighted by atomic mass is 32.2. The van der Waals surface area contributed by atoms with Crippen LogP contribution in [0.2, 0.25) is 0 Å². The van der Waals surface area contributed by atoms with Gasteiger partial charge in [-0.25, -0.2) is 8.42 Å². The van der Waals surface area contributed by atoms with Crippen molar-refractivity contribution in [3.63, 3.8) is 0 Å². The summed E-state index contributed by atoms with van der Waals surface area (Å²) >= 11 is 0. The molecule has 3 aromatic carbocycles. The number of rotatable bonds is 6. The van der Waals surface area contributed by atoms with Gasteiger partial charge in [0.25, 0.3) is 15.9 Å². The molecule has 1 aliphatic rings. The van der Waals surface area contributed by atoms with Gasteiger partial charge in [-0.2, -0.15) is 0 Å². The Bertz CT molecular complexity index is 1240. The van der Waals surface area contributed by atoms with Gasteiger partial charge >= 0.3 is 0 Å². The van der Waals surface area contributed by atoms with E-state index in [1.165, 1.54) is 36.1 Å². The van der Waals surface area contributed by atoms with E-state index in [0.29, 0.717) is 16.8 Å². The molecule has 0 fully saturated rings. The number of fused-ring (bicyclic) bond motifs is 1. The van der Waals surface area contributed by atoms with Gasteiger partial charge in [-0.1, -0.05) is 42.5 Å². The summed E-state index contributed by atoms with van der Waals surface area (Å²) < 4.78 is 28.0. The van der Waals surface area contributed by atoms with Crippen molar-refractivity contribution in [2.75, 3.05) is 4.72 Å². The molecule has 0 spiro atoms. The molecule has 0 radical (unpaired) electrons. The maximum atomic E-state index is 13.0. The van der Waals surface area contributed by atoms with Crippen LogP contribution in [0.1, 0.15) is 58.4 Å². The first-order chi connectivity index (χ1) is 15.3. The summed E-state index contributed by atoms with van der Waals surface area (Å²) in [6.45, 7) is 3.72. The zero-order valence-electron chi connectivity index (χ0n) is 18.4. The minimum Gasteiger partial charge on any atom is -0.346 e. The number of carbonyl (C=O) groups excluding carboxylic acids is 1. The third-order valence-corrected chi connectivity index (χ3v) is 7.48. The topological polar surface area (TPSA) is 75.3 Å². The zero-order chi connectivity index (χ0) is 22.7. The Labute approximate surface area is 189 Å². The fraction of sp³-hybridized carbons (Fsp3) is 0.269. The Balaban J connectivity index is 1.52. The Hall–Kier alpha value is -3.12. The fourth-order valence-electron chi connectivity index (χ4n) is 4.18. The van der Waals surface area contributed by atoms with E-state index in [1.54, 1.807) is 43.3 Å². The molecule has 5 nitrogen and oxygen atoms in total. The highest BCUT2D eigenvalue weighted by molar-refractivity contribution is 7.92. The fourth-order valence-corrected chi connectivity index (χ4v) is 5.32. The van der Waals surface area contributed by atoms with Gasteiger partial charge in [-0.05, 0) is 86.1 Å². The number of sulfonamides is 1. The second-order valence-electron chi connectivity index (χ2n) is 8.33.